The zero-order chi connectivity index (χ0) is 11.4. The fourth-order valence-electron chi connectivity index (χ4n) is 1.64. The number of esters is 1. The number of benzene rings is 1. The van der Waals surface area contributed by atoms with Crippen LogP contribution in [0, 0.1) is 5.92 Å². The molecule has 0 saturated heterocycles. The van der Waals surface area contributed by atoms with Crippen molar-refractivity contribution in [1.82, 2.24) is 0 Å². The van der Waals surface area contributed by atoms with Crippen LogP contribution in [0.4, 0.5) is 0 Å². The minimum atomic E-state index is -0.448. The third-order valence-corrected chi connectivity index (χ3v) is 2.81. The van der Waals surface area contributed by atoms with Gasteiger partial charge in [0.25, 0.3) is 0 Å². The lowest BCUT2D eigenvalue weighted by atomic mass is 10.1. The van der Waals surface area contributed by atoms with E-state index in [1.165, 1.54) is 12.8 Å². The topological polar surface area (TPSA) is 52.3 Å². The van der Waals surface area contributed by atoms with Crippen LogP contribution in [0.15, 0.2) is 30.3 Å². The molecule has 1 fully saturated rings. The summed E-state index contributed by atoms with van der Waals surface area (Å²) >= 11 is 0. The molecule has 1 saturated carbocycles. The molecule has 3 nitrogen and oxygen atoms in total. The molecule has 1 aromatic carbocycles. The van der Waals surface area contributed by atoms with Crippen LogP contribution in [0.3, 0.4) is 0 Å². The van der Waals surface area contributed by atoms with E-state index in [-0.39, 0.29) is 5.97 Å². The van der Waals surface area contributed by atoms with Crippen LogP contribution in [0.25, 0.3) is 0 Å². The second-order valence-corrected chi connectivity index (χ2v) is 4.38. The first-order chi connectivity index (χ1) is 7.75. The average Bonchev–Trinajstić information content (AvgIpc) is 3.11. The van der Waals surface area contributed by atoms with E-state index in [9.17, 15) is 4.79 Å². The predicted octanol–water partition coefficient (Wildman–Crippen LogP) is 1.86. The van der Waals surface area contributed by atoms with Crippen molar-refractivity contribution in [3.8, 4) is 0 Å². The second-order valence-electron chi connectivity index (χ2n) is 4.38. The van der Waals surface area contributed by atoms with Gasteiger partial charge in [-0.1, -0.05) is 43.2 Å². The van der Waals surface area contributed by atoms with Gasteiger partial charge in [0.15, 0.2) is 0 Å². The second kappa shape index (κ2) is 5.12. The summed E-state index contributed by atoms with van der Waals surface area (Å²) in [6, 6.07) is 9.20. The first kappa shape index (κ1) is 11.1. The smallest absolute Gasteiger partial charge is 0.323 e. The van der Waals surface area contributed by atoms with E-state index in [4.69, 9.17) is 10.5 Å². The highest BCUT2D eigenvalue weighted by molar-refractivity contribution is 5.75. The van der Waals surface area contributed by atoms with Crippen LogP contribution in [0.5, 0.6) is 0 Å². The molecule has 0 unspecified atom stereocenters. The quantitative estimate of drug-likeness (QED) is 0.769. The number of carbonyl (C=O) groups is 1. The molecule has 0 bridgehead atoms. The molecule has 0 heterocycles. The summed E-state index contributed by atoms with van der Waals surface area (Å²) < 4.78 is 5.15. The standard InChI is InChI=1S/C13H17NO2/c14-12(8-10-6-7-10)13(15)16-9-11-4-2-1-3-5-11/h1-5,10,12H,6-9,14H2/t12-/m0/s1. The van der Waals surface area contributed by atoms with E-state index in [1.807, 2.05) is 30.3 Å². The summed E-state index contributed by atoms with van der Waals surface area (Å²) in [5, 5.41) is 0. The van der Waals surface area contributed by atoms with Crippen molar-refractivity contribution in [1.29, 1.82) is 0 Å². The van der Waals surface area contributed by atoms with Crippen LogP contribution in [0.2, 0.25) is 0 Å². The summed E-state index contributed by atoms with van der Waals surface area (Å²) in [4.78, 5) is 11.5. The first-order valence-electron chi connectivity index (χ1n) is 5.72. The van der Waals surface area contributed by atoms with Crippen LogP contribution in [0.1, 0.15) is 24.8 Å². The summed E-state index contributed by atoms with van der Waals surface area (Å²) in [5.74, 6) is 0.370. The Morgan fingerprint density at radius 3 is 2.69 bits per heavy atom. The Morgan fingerprint density at radius 1 is 1.38 bits per heavy atom. The van der Waals surface area contributed by atoms with Gasteiger partial charge in [0.1, 0.15) is 12.6 Å². The highest BCUT2D eigenvalue weighted by Gasteiger charge is 2.27. The molecule has 16 heavy (non-hydrogen) atoms. The van der Waals surface area contributed by atoms with Gasteiger partial charge in [0.2, 0.25) is 0 Å². The molecule has 1 aromatic rings. The molecule has 2 rings (SSSR count). The fourth-order valence-corrected chi connectivity index (χ4v) is 1.64. The van der Waals surface area contributed by atoms with Crippen molar-refractivity contribution < 1.29 is 9.53 Å². The van der Waals surface area contributed by atoms with Gasteiger partial charge in [-0.05, 0) is 17.9 Å². The first-order valence-corrected chi connectivity index (χ1v) is 5.72. The summed E-state index contributed by atoms with van der Waals surface area (Å²) in [6.07, 6.45) is 3.19. The van der Waals surface area contributed by atoms with Gasteiger partial charge in [-0.3, -0.25) is 4.79 Å². The Hall–Kier alpha value is -1.35. The number of carbonyl (C=O) groups excluding carboxylic acids is 1. The molecule has 0 spiro atoms. The summed E-state index contributed by atoms with van der Waals surface area (Å²) in [6.45, 7) is 0.317. The zero-order valence-corrected chi connectivity index (χ0v) is 9.26. The molecule has 0 aromatic heterocycles. The number of hydrogen-bond acceptors (Lipinski definition) is 3. The van der Waals surface area contributed by atoms with E-state index in [2.05, 4.69) is 0 Å². The summed E-state index contributed by atoms with van der Waals surface area (Å²) in [5.41, 5.74) is 6.74. The Balaban J connectivity index is 1.74. The monoisotopic (exact) mass is 219 g/mol. The van der Waals surface area contributed by atoms with E-state index < -0.39 is 6.04 Å². The van der Waals surface area contributed by atoms with E-state index in [1.54, 1.807) is 0 Å². The SMILES string of the molecule is N[C@@H](CC1CC1)C(=O)OCc1ccccc1. The maximum Gasteiger partial charge on any atom is 0.323 e. The van der Waals surface area contributed by atoms with Crippen molar-refractivity contribution in [2.75, 3.05) is 0 Å². The molecule has 1 aliphatic carbocycles. The van der Waals surface area contributed by atoms with Crippen molar-refractivity contribution >= 4 is 5.97 Å². The van der Waals surface area contributed by atoms with Crippen molar-refractivity contribution in [3.05, 3.63) is 35.9 Å². The predicted molar refractivity (Wildman–Crippen MR) is 61.6 cm³/mol. The minimum absolute atomic E-state index is 0.282. The Kier molecular flexibility index (Phi) is 3.57. The van der Waals surface area contributed by atoms with Gasteiger partial charge in [-0.25, -0.2) is 0 Å². The maximum absolute atomic E-state index is 11.5. The normalized spacial score (nSPS) is 16.8. The molecule has 86 valence electrons. The van der Waals surface area contributed by atoms with Crippen molar-refractivity contribution in [2.45, 2.75) is 31.9 Å². The largest absolute Gasteiger partial charge is 0.460 e. The molecule has 0 radical (unpaired) electrons. The van der Waals surface area contributed by atoms with Gasteiger partial charge in [-0.2, -0.15) is 0 Å². The Labute approximate surface area is 95.6 Å². The Bertz CT molecular complexity index is 346. The molecule has 0 amide bonds. The fraction of sp³-hybridized carbons (Fsp3) is 0.462. The van der Waals surface area contributed by atoms with Crippen molar-refractivity contribution in [3.63, 3.8) is 0 Å². The number of nitrogens with two attached hydrogens (primary N) is 1. The zero-order valence-electron chi connectivity index (χ0n) is 9.26. The number of ether oxygens (including phenoxy) is 1. The molecule has 1 atom stereocenters. The van der Waals surface area contributed by atoms with Gasteiger partial charge < -0.3 is 10.5 Å². The Morgan fingerprint density at radius 2 is 2.06 bits per heavy atom. The third-order valence-electron chi connectivity index (χ3n) is 2.81. The van der Waals surface area contributed by atoms with E-state index in [0.29, 0.717) is 12.5 Å². The molecule has 1 aliphatic rings. The van der Waals surface area contributed by atoms with Crippen LogP contribution < -0.4 is 5.73 Å². The number of hydrogen-bond donors (Lipinski definition) is 1. The number of rotatable bonds is 5. The lowest BCUT2D eigenvalue weighted by molar-refractivity contribution is -0.146. The molecular formula is C13H17NO2. The summed E-state index contributed by atoms with van der Waals surface area (Å²) in [7, 11) is 0. The lowest BCUT2D eigenvalue weighted by Crippen LogP contribution is -2.32. The van der Waals surface area contributed by atoms with Crippen molar-refractivity contribution in [2.24, 2.45) is 11.7 Å². The van der Waals surface area contributed by atoms with Crippen LogP contribution >= 0.6 is 0 Å². The van der Waals surface area contributed by atoms with Crippen LogP contribution in [-0.2, 0) is 16.1 Å². The lowest BCUT2D eigenvalue weighted by Gasteiger charge is -2.10. The minimum Gasteiger partial charge on any atom is -0.460 e. The highest BCUT2D eigenvalue weighted by atomic mass is 16.5. The molecule has 3 heteroatoms. The molecular weight excluding hydrogens is 202 g/mol. The highest BCUT2D eigenvalue weighted by Crippen LogP contribution is 2.33. The average molecular weight is 219 g/mol. The molecule has 0 aliphatic heterocycles. The van der Waals surface area contributed by atoms with Gasteiger partial charge in [0.05, 0.1) is 0 Å². The van der Waals surface area contributed by atoms with Gasteiger partial charge in [0, 0.05) is 0 Å². The third kappa shape index (κ3) is 3.35. The van der Waals surface area contributed by atoms with Gasteiger partial charge in [-0.15, -0.1) is 0 Å². The maximum atomic E-state index is 11.5. The van der Waals surface area contributed by atoms with E-state index >= 15 is 0 Å². The van der Waals surface area contributed by atoms with Crippen LogP contribution in [-0.4, -0.2) is 12.0 Å². The van der Waals surface area contributed by atoms with Gasteiger partial charge >= 0.3 is 5.97 Å². The van der Waals surface area contributed by atoms with E-state index in [0.717, 1.165) is 12.0 Å². The molecule has 2 N–H and O–H groups in total.